The summed E-state index contributed by atoms with van der Waals surface area (Å²) in [5, 5.41) is 4.58. The van der Waals surface area contributed by atoms with Crippen molar-refractivity contribution < 1.29 is 14.4 Å². The highest BCUT2D eigenvalue weighted by molar-refractivity contribution is 9.10. The van der Waals surface area contributed by atoms with Crippen LogP contribution >= 0.6 is 27.3 Å². The van der Waals surface area contributed by atoms with Gasteiger partial charge in [0.25, 0.3) is 17.7 Å². The standard InChI is InChI=1S/C18H15BrN4O3S/c1-23-10-12(19)9-14(23)17(25)22-21-16(24)11-4-6-13(7-5-11)20-18(26)15-3-2-8-27-15/h2-10H,1H3,(H,20,26)(H,21,24)(H,22,25). The number of hydrogen-bond acceptors (Lipinski definition) is 4. The first-order chi connectivity index (χ1) is 12.9. The van der Waals surface area contributed by atoms with E-state index < -0.39 is 11.8 Å². The molecule has 0 aliphatic rings. The number of nitrogens with zero attached hydrogens (tertiary/aromatic N) is 1. The quantitative estimate of drug-likeness (QED) is 0.537. The van der Waals surface area contributed by atoms with Crippen molar-refractivity contribution in [1.82, 2.24) is 15.4 Å². The summed E-state index contributed by atoms with van der Waals surface area (Å²) in [6.07, 6.45) is 1.74. The summed E-state index contributed by atoms with van der Waals surface area (Å²) in [7, 11) is 1.73. The maximum absolute atomic E-state index is 12.2. The van der Waals surface area contributed by atoms with Gasteiger partial charge < -0.3 is 9.88 Å². The zero-order valence-electron chi connectivity index (χ0n) is 14.2. The number of halogens is 1. The van der Waals surface area contributed by atoms with E-state index in [2.05, 4.69) is 32.1 Å². The van der Waals surface area contributed by atoms with Crippen molar-refractivity contribution in [3.63, 3.8) is 0 Å². The van der Waals surface area contributed by atoms with Gasteiger partial charge in [-0.1, -0.05) is 6.07 Å². The highest BCUT2D eigenvalue weighted by Crippen LogP contribution is 2.15. The van der Waals surface area contributed by atoms with Crippen LogP contribution in [0.15, 0.2) is 58.5 Å². The number of amides is 3. The van der Waals surface area contributed by atoms with E-state index in [1.165, 1.54) is 11.3 Å². The number of hydrazine groups is 1. The number of aryl methyl sites for hydroxylation is 1. The lowest BCUT2D eigenvalue weighted by Gasteiger charge is -2.09. The average molecular weight is 447 g/mol. The van der Waals surface area contributed by atoms with E-state index in [0.717, 1.165) is 4.47 Å². The van der Waals surface area contributed by atoms with Crippen LogP contribution in [0.3, 0.4) is 0 Å². The molecular formula is C18H15BrN4O3S. The normalized spacial score (nSPS) is 10.3. The molecule has 0 aliphatic heterocycles. The van der Waals surface area contributed by atoms with Gasteiger partial charge in [-0.25, -0.2) is 0 Å². The topological polar surface area (TPSA) is 92.2 Å². The first-order valence-corrected chi connectivity index (χ1v) is 9.49. The second kappa shape index (κ2) is 8.19. The van der Waals surface area contributed by atoms with Crippen LogP contribution in [0.1, 0.15) is 30.5 Å². The van der Waals surface area contributed by atoms with Crippen LogP contribution in [0.5, 0.6) is 0 Å². The van der Waals surface area contributed by atoms with Gasteiger partial charge in [0.1, 0.15) is 5.69 Å². The zero-order valence-corrected chi connectivity index (χ0v) is 16.6. The van der Waals surface area contributed by atoms with E-state index in [1.807, 2.05) is 5.38 Å². The Bertz CT molecular complexity index is 981. The molecule has 0 atom stereocenters. The minimum Gasteiger partial charge on any atom is -0.345 e. The van der Waals surface area contributed by atoms with Crippen LogP contribution in [0, 0.1) is 0 Å². The fourth-order valence-electron chi connectivity index (χ4n) is 2.31. The maximum atomic E-state index is 12.2. The largest absolute Gasteiger partial charge is 0.345 e. The minimum absolute atomic E-state index is 0.205. The monoisotopic (exact) mass is 446 g/mol. The Morgan fingerprint density at radius 3 is 2.30 bits per heavy atom. The number of anilines is 1. The molecule has 9 heteroatoms. The molecule has 2 heterocycles. The van der Waals surface area contributed by atoms with Gasteiger partial charge in [-0.2, -0.15) is 0 Å². The van der Waals surface area contributed by atoms with E-state index in [9.17, 15) is 14.4 Å². The number of benzene rings is 1. The fraction of sp³-hybridized carbons (Fsp3) is 0.0556. The van der Waals surface area contributed by atoms with Gasteiger partial charge >= 0.3 is 0 Å². The first-order valence-electron chi connectivity index (χ1n) is 7.81. The smallest absolute Gasteiger partial charge is 0.286 e. The molecule has 0 saturated carbocycles. The number of hydrogen-bond donors (Lipinski definition) is 3. The summed E-state index contributed by atoms with van der Waals surface area (Å²) in [6, 6.07) is 11.5. The second-order valence-electron chi connectivity index (χ2n) is 5.57. The lowest BCUT2D eigenvalue weighted by Crippen LogP contribution is -2.42. The van der Waals surface area contributed by atoms with Crippen LogP contribution in [-0.4, -0.2) is 22.3 Å². The van der Waals surface area contributed by atoms with Crippen LogP contribution in [0.25, 0.3) is 0 Å². The van der Waals surface area contributed by atoms with Crippen molar-refractivity contribution >= 4 is 50.7 Å². The molecule has 0 saturated heterocycles. The Morgan fingerprint density at radius 2 is 1.70 bits per heavy atom. The van der Waals surface area contributed by atoms with Crippen molar-refractivity contribution in [2.75, 3.05) is 5.32 Å². The Kier molecular flexibility index (Phi) is 5.72. The molecule has 138 valence electrons. The molecule has 3 aromatic rings. The number of carbonyl (C=O) groups is 3. The molecule has 3 rings (SSSR count). The SMILES string of the molecule is Cn1cc(Br)cc1C(=O)NNC(=O)c1ccc(NC(=O)c2cccs2)cc1. The average Bonchev–Trinajstić information content (AvgIpc) is 3.29. The van der Waals surface area contributed by atoms with Crippen LogP contribution < -0.4 is 16.2 Å². The Balaban J connectivity index is 1.56. The van der Waals surface area contributed by atoms with Gasteiger partial charge in [-0.3, -0.25) is 25.2 Å². The van der Waals surface area contributed by atoms with E-state index in [1.54, 1.807) is 60.3 Å². The van der Waals surface area contributed by atoms with E-state index >= 15 is 0 Å². The zero-order chi connectivity index (χ0) is 19.4. The molecular weight excluding hydrogens is 432 g/mol. The van der Waals surface area contributed by atoms with Gasteiger partial charge in [0, 0.05) is 29.0 Å². The van der Waals surface area contributed by atoms with Gasteiger partial charge in [-0.15, -0.1) is 11.3 Å². The summed E-state index contributed by atoms with van der Waals surface area (Å²) < 4.78 is 2.40. The summed E-state index contributed by atoms with van der Waals surface area (Å²) in [4.78, 5) is 36.9. The fourth-order valence-corrected chi connectivity index (χ4v) is 3.45. The molecule has 0 bridgehead atoms. The number of carbonyl (C=O) groups excluding carboxylic acids is 3. The van der Waals surface area contributed by atoms with Crippen molar-refractivity contribution in [3.8, 4) is 0 Å². The first kappa shape index (κ1) is 18.9. The maximum Gasteiger partial charge on any atom is 0.286 e. The Labute approximate surface area is 167 Å². The highest BCUT2D eigenvalue weighted by Gasteiger charge is 2.13. The molecule has 7 nitrogen and oxygen atoms in total. The molecule has 0 aliphatic carbocycles. The van der Waals surface area contributed by atoms with E-state index in [4.69, 9.17) is 0 Å². The summed E-state index contributed by atoms with van der Waals surface area (Å²) in [5.74, 6) is -1.10. The van der Waals surface area contributed by atoms with Crippen molar-refractivity contribution in [3.05, 3.63) is 74.6 Å². The van der Waals surface area contributed by atoms with Gasteiger partial charge in [0.05, 0.1) is 4.88 Å². The van der Waals surface area contributed by atoms with Crippen LogP contribution in [0.4, 0.5) is 5.69 Å². The molecule has 0 fully saturated rings. The third kappa shape index (κ3) is 4.63. The molecule has 1 aromatic carbocycles. The number of aromatic nitrogens is 1. The summed E-state index contributed by atoms with van der Waals surface area (Å²) in [6.45, 7) is 0. The molecule has 3 N–H and O–H groups in total. The second-order valence-corrected chi connectivity index (χ2v) is 7.43. The molecule has 3 amide bonds. The van der Waals surface area contributed by atoms with E-state index in [0.29, 0.717) is 21.8 Å². The van der Waals surface area contributed by atoms with Crippen LogP contribution in [0.2, 0.25) is 0 Å². The number of thiophene rings is 1. The molecule has 27 heavy (non-hydrogen) atoms. The molecule has 0 spiro atoms. The minimum atomic E-state index is -0.465. The lowest BCUT2D eigenvalue weighted by molar-refractivity contribution is 0.0842. The van der Waals surface area contributed by atoms with Crippen molar-refractivity contribution in [2.24, 2.45) is 7.05 Å². The highest BCUT2D eigenvalue weighted by atomic mass is 79.9. The third-order valence-electron chi connectivity index (χ3n) is 3.64. The third-order valence-corrected chi connectivity index (χ3v) is 4.95. The predicted molar refractivity (Wildman–Crippen MR) is 107 cm³/mol. The number of rotatable bonds is 4. The predicted octanol–water partition coefficient (Wildman–Crippen LogP) is 3.18. The molecule has 0 radical (unpaired) electrons. The Hall–Kier alpha value is -2.91. The molecule has 0 unspecified atom stereocenters. The van der Waals surface area contributed by atoms with Gasteiger partial charge in [0.2, 0.25) is 0 Å². The van der Waals surface area contributed by atoms with Crippen molar-refractivity contribution in [2.45, 2.75) is 0 Å². The summed E-state index contributed by atoms with van der Waals surface area (Å²) >= 11 is 4.63. The van der Waals surface area contributed by atoms with Crippen LogP contribution in [-0.2, 0) is 7.05 Å². The van der Waals surface area contributed by atoms with Gasteiger partial charge in [0.15, 0.2) is 0 Å². The van der Waals surface area contributed by atoms with E-state index in [-0.39, 0.29) is 5.91 Å². The van der Waals surface area contributed by atoms with Crippen molar-refractivity contribution in [1.29, 1.82) is 0 Å². The van der Waals surface area contributed by atoms with Gasteiger partial charge in [-0.05, 0) is 57.7 Å². The lowest BCUT2D eigenvalue weighted by atomic mass is 10.2. The number of nitrogens with one attached hydrogen (secondary N) is 3. The molecule has 2 aromatic heterocycles. The summed E-state index contributed by atoms with van der Waals surface area (Å²) in [5.41, 5.74) is 6.05. The Morgan fingerprint density at radius 1 is 1.00 bits per heavy atom.